The fourth-order valence-electron chi connectivity index (χ4n) is 1.15. The molecule has 0 atom stereocenters. The molecule has 1 heteroatoms. The zero-order chi connectivity index (χ0) is 10.2. The van der Waals surface area contributed by atoms with Gasteiger partial charge in [-0.25, -0.2) is 0 Å². The molecule has 1 aromatic rings. The lowest BCUT2D eigenvalue weighted by molar-refractivity contribution is 0.309. The van der Waals surface area contributed by atoms with Gasteiger partial charge in [0.15, 0.2) is 0 Å². The Morgan fingerprint density at radius 2 is 2.00 bits per heavy atom. The van der Waals surface area contributed by atoms with E-state index in [0.29, 0.717) is 0 Å². The lowest BCUT2D eigenvalue weighted by atomic mass is 10.2. The normalized spacial score (nSPS) is 10.7. The van der Waals surface area contributed by atoms with Crippen LogP contribution in [-0.4, -0.2) is 6.61 Å². The zero-order valence-corrected chi connectivity index (χ0v) is 8.70. The highest BCUT2D eigenvalue weighted by Gasteiger charge is 1.92. The minimum absolute atomic E-state index is 0.807. The Morgan fingerprint density at radius 1 is 1.29 bits per heavy atom. The standard InChI is InChI=1S/C13H17O/c1-3-5-11-14-13-9-7-12(6-4-2)8-10-13/h4,6-10H,2-3,5,11H2,1H3. The Labute approximate surface area is 86.4 Å². The van der Waals surface area contributed by atoms with Gasteiger partial charge in [-0.2, -0.15) is 0 Å². The Balaban J connectivity index is 2.46. The van der Waals surface area contributed by atoms with Gasteiger partial charge in [0.05, 0.1) is 6.61 Å². The average molecular weight is 189 g/mol. The molecule has 0 amide bonds. The van der Waals surface area contributed by atoms with Crippen LogP contribution in [0.3, 0.4) is 0 Å². The summed E-state index contributed by atoms with van der Waals surface area (Å²) in [6, 6.07) is 8.04. The topological polar surface area (TPSA) is 9.23 Å². The molecule has 0 saturated heterocycles. The summed E-state index contributed by atoms with van der Waals surface area (Å²) in [7, 11) is 0. The maximum absolute atomic E-state index is 5.54. The summed E-state index contributed by atoms with van der Waals surface area (Å²) in [5.41, 5.74) is 1.16. The van der Waals surface area contributed by atoms with Crippen molar-refractivity contribution in [3.05, 3.63) is 42.8 Å². The van der Waals surface area contributed by atoms with E-state index in [1.54, 1.807) is 6.08 Å². The van der Waals surface area contributed by atoms with E-state index in [1.165, 1.54) is 6.42 Å². The van der Waals surface area contributed by atoms with E-state index in [9.17, 15) is 0 Å². The Bertz CT molecular complexity index is 272. The molecule has 0 aromatic heterocycles. The van der Waals surface area contributed by atoms with Crippen LogP contribution < -0.4 is 4.74 Å². The highest BCUT2D eigenvalue weighted by atomic mass is 16.5. The van der Waals surface area contributed by atoms with Crippen molar-refractivity contribution in [3.8, 4) is 5.75 Å². The Kier molecular flexibility index (Phi) is 4.84. The molecule has 0 saturated carbocycles. The lowest BCUT2D eigenvalue weighted by Gasteiger charge is -2.04. The van der Waals surface area contributed by atoms with E-state index in [-0.39, 0.29) is 0 Å². The van der Waals surface area contributed by atoms with Gasteiger partial charge in [0.25, 0.3) is 0 Å². The fraction of sp³-hybridized carbons (Fsp3) is 0.308. The van der Waals surface area contributed by atoms with Crippen molar-refractivity contribution in [1.29, 1.82) is 0 Å². The second kappa shape index (κ2) is 6.25. The molecule has 0 bridgehead atoms. The van der Waals surface area contributed by atoms with E-state index >= 15 is 0 Å². The third-order valence-electron chi connectivity index (χ3n) is 1.96. The van der Waals surface area contributed by atoms with Gasteiger partial charge < -0.3 is 4.74 Å². The molecular formula is C13H17O. The van der Waals surface area contributed by atoms with Crippen molar-refractivity contribution < 1.29 is 4.74 Å². The van der Waals surface area contributed by atoms with Crippen molar-refractivity contribution in [2.75, 3.05) is 6.61 Å². The Hall–Kier alpha value is -1.24. The van der Waals surface area contributed by atoms with Crippen LogP contribution in [0.1, 0.15) is 25.3 Å². The van der Waals surface area contributed by atoms with Gasteiger partial charge in [-0.3, -0.25) is 0 Å². The third-order valence-corrected chi connectivity index (χ3v) is 1.96. The number of rotatable bonds is 5. The van der Waals surface area contributed by atoms with Gasteiger partial charge in [-0.05, 0) is 31.0 Å². The molecule has 1 rings (SSSR count). The maximum atomic E-state index is 5.54. The number of hydrogen-bond acceptors (Lipinski definition) is 1. The van der Waals surface area contributed by atoms with Crippen LogP contribution in [0.2, 0.25) is 0 Å². The predicted molar refractivity (Wildman–Crippen MR) is 61.2 cm³/mol. The SMILES string of the molecule is [CH2]C=Cc1ccc(OCCCC)cc1. The van der Waals surface area contributed by atoms with Crippen molar-refractivity contribution in [2.45, 2.75) is 19.8 Å². The van der Waals surface area contributed by atoms with E-state index in [1.807, 2.05) is 30.3 Å². The van der Waals surface area contributed by atoms with Gasteiger partial charge in [-0.1, -0.05) is 37.6 Å². The molecule has 0 fully saturated rings. The molecule has 14 heavy (non-hydrogen) atoms. The van der Waals surface area contributed by atoms with Crippen LogP contribution in [0.4, 0.5) is 0 Å². The minimum atomic E-state index is 0.807. The molecule has 0 aliphatic rings. The molecule has 0 aliphatic heterocycles. The van der Waals surface area contributed by atoms with Crippen molar-refractivity contribution >= 4 is 6.08 Å². The van der Waals surface area contributed by atoms with Crippen LogP contribution in [0.5, 0.6) is 5.75 Å². The molecular weight excluding hydrogens is 172 g/mol. The summed E-state index contributed by atoms with van der Waals surface area (Å²) in [5.74, 6) is 0.944. The van der Waals surface area contributed by atoms with Gasteiger partial charge in [0, 0.05) is 0 Å². The summed E-state index contributed by atoms with van der Waals surface area (Å²) in [6.07, 6.45) is 6.03. The smallest absolute Gasteiger partial charge is 0.119 e. The highest BCUT2D eigenvalue weighted by molar-refractivity contribution is 5.50. The second-order valence-electron chi connectivity index (χ2n) is 3.17. The molecule has 0 unspecified atom stereocenters. The number of unbranched alkanes of at least 4 members (excludes halogenated alkanes) is 1. The van der Waals surface area contributed by atoms with Crippen LogP contribution in [0, 0.1) is 6.92 Å². The van der Waals surface area contributed by atoms with E-state index < -0.39 is 0 Å². The average Bonchev–Trinajstić information content (AvgIpc) is 2.21. The number of hydrogen-bond donors (Lipinski definition) is 0. The molecule has 1 nitrogen and oxygen atoms in total. The van der Waals surface area contributed by atoms with Crippen molar-refractivity contribution in [3.63, 3.8) is 0 Å². The molecule has 1 radical (unpaired) electrons. The van der Waals surface area contributed by atoms with Crippen LogP contribution in [0.25, 0.3) is 6.08 Å². The summed E-state index contributed by atoms with van der Waals surface area (Å²) >= 11 is 0. The van der Waals surface area contributed by atoms with Crippen LogP contribution in [-0.2, 0) is 0 Å². The molecule has 0 aliphatic carbocycles. The highest BCUT2D eigenvalue weighted by Crippen LogP contribution is 2.13. The quantitative estimate of drug-likeness (QED) is 0.641. The summed E-state index contributed by atoms with van der Waals surface area (Å²) in [6.45, 7) is 6.62. The van der Waals surface area contributed by atoms with Crippen molar-refractivity contribution in [2.24, 2.45) is 0 Å². The van der Waals surface area contributed by atoms with Gasteiger partial charge in [0.1, 0.15) is 5.75 Å². The summed E-state index contributed by atoms with van der Waals surface area (Å²) in [5, 5.41) is 0. The number of allylic oxidation sites excluding steroid dienone is 1. The van der Waals surface area contributed by atoms with Crippen LogP contribution in [0.15, 0.2) is 30.3 Å². The summed E-state index contributed by atoms with van der Waals surface area (Å²) in [4.78, 5) is 0. The van der Waals surface area contributed by atoms with Gasteiger partial charge in [-0.15, -0.1) is 0 Å². The minimum Gasteiger partial charge on any atom is -0.494 e. The summed E-state index contributed by atoms with van der Waals surface area (Å²) < 4.78 is 5.54. The molecule has 0 N–H and O–H groups in total. The maximum Gasteiger partial charge on any atom is 0.119 e. The number of ether oxygens (including phenoxy) is 1. The third kappa shape index (κ3) is 3.65. The first-order valence-electron chi connectivity index (χ1n) is 5.05. The molecule has 1 aromatic carbocycles. The van der Waals surface area contributed by atoms with Crippen molar-refractivity contribution in [1.82, 2.24) is 0 Å². The Morgan fingerprint density at radius 3 is 2.57 bits per heavy atom. The molecule has 75 valence electrons. The predicted octanol–water partition coefficient (Wildman–Crippen LogP) is 3.71. The first kappa shape index (κ1) is 10.8. The molecule has 0 heterocycles. The van der Waals surface area contributed by atoms with Gasteiger partial charge >= 0.3 is 0 Å². The fourth-order valence-corrected chi connectivity index (χ4v) is 1.15. The van der Waals surface area contributed by atoms with Gasteiger partial charge in [0.2, 0.25) is 0 Å². The monoisotopic (exact) mass is 189 g/mol. The van der Waals surface area contributed by atoms with Crippen LogP contribution >= 0.6 is 0 Å². The van der Waals surface area contributed by atoms with E-state index in [4.69, 9.17) is 4.74 Å². The molecule has 0 spiro atoms. The van der Waals surface area contributed by atoms with E-state index in [2.05, 4.69) is 13.8 Å². The zero-order valence-electron chi connectivity index (χ0n) is 8.70. The first-order chi connectivity index (χ1) is 6.86. The lowest BCUT2D eigenvalue weighted by Crippen LogP contribution is -1.95. The number of benzene rings is 1. The van der Waals surface area contributed by atoms with E-state index in [0.717, 1.165) is 24.3 Å². The first-order valence-corrected chi connectivity index (χ1v) is 5.05. The second-order valence-corrected chi connectivity index (χ2v) is 3.17. The largest absolute Gasteiger partial charge is 0.494 e.